The van der Waals surface area contributed by atoms with Gasteiger partial charge in [-0.1, -0.05) is 24.3 Å². The maximum atomic E-state index is 12.7. The van der Waals surface area contributed by atoms with Crippen LogP contribution in [0.4, 0.5) is 49.1 Å². The van der Waals surface area contributed by atoms with Crippen LogP contribution in [0.5, 0.6) is 0 Å². The molecule has 2 fully saturated rings. The van der Waals surface area contributed by atoms with Crippen LogP contribution in [0.25, 0.3) is 22.9 Å². The highest BCUT2D eigenvalue weighted by atomic mass is 19.4. The Hall–Kier alpha value is -6.76. The van der Waals surface area contributed by atoms with Crippen molar-refractivity contribution >= 4 is 34.6 Å². The lowest BCUT2D eigenvalue weighted by atomic mass is 10.1. The minimum atomic E-state index is -4.40. The Morgan fingerprint density at radius 2 is 1.05 bits per heavy atom. The predicted octanol–water partition coefficient (Wildman–Crippen LogP) is 8.78. The number of hydrogen-bond donors (Lipinski definition) is 4. The van der Waals surface area contributed by atoms with Crippen molar-refractivity contribution < 1.29 is 49.5 Å². The molecule has 2 saturated carbocycles. The first-order valence-electron chi connectivity index (χ1n) is 17.6. The second-order valence-corrected chi connectivity index (χ2v) is 12.9. The Bertz CT molecular complexity index is 2320. The third kappa shape index (κ3) is 11.2. The molecule has 58 heavy (non-hydrogen) atoms. The Morgan fingerprint density at radius 3 is 1.45 bits per heavy atom. The van der Waals surface area contributed by atoms with E-state index in [-0.39, 0.29) is 29.6 Å². The second kappa shape index (κ2) is 17.6. The van der Waals surface area contributed by atoms with Crippen LogP contribution in [0.15, 0.2) is 106 Å². The lowest BCUT2D eigenvalue weighted by Crippen LogP contribution is -2.25. The number of para-hydroxylation sites is 2. The summed E-state index contributed by atoms with van der Waals surface area (Å²) >= 11 is 0. The number of esters is 1. The summed E-state index contributed by atoms with van der Waals surface area (Å²) in [4.78, 5) is 23.4. The monoisotopic (exact) mass is 808 g/mol. The summed E-state index contributed by atoms with van der Waals surface area (Å²) < 4.78 is 91.3. The summed E-state index contributed by atoms with van der Waals surface area (Å²) in [6, 6.07) is 23.7. The number of nitrogens with one attached hydrogen (secondary N) is 3. The molecule has 0 aliphatic heterocycles. The lowest BCUT2D eigenvalue weighted by Gasteiger charge is -2.11. The Balaban J connectivity index is 0.000000178. The molecule has 0 radical (unpaired) electrons. The van der Waals surface area contributed by atoms with E-state index in [9.17, 15) is 35.9 Å². The van der Waals surface area contributed by atoms with Crippen LogP contribution < -0.4 is 21.7 Å². The van der Waals surface area contributed by atoms with E-state index in [0.29, 0.717) is 39.9 Å². The summed E-state index contributed by atoms with van der Waals surface area (Å²) in [7, 11) is 1.19. The molecule has 0 spiro atoms. The zero-order valence-electron chi connectivity index (χ0n) is 30.4. The van der Waals surface area contributed by atoms with Crippen LogP contribution >= 0.6 is 0 Å². The molecule has 4 aromatic carbocycles. The normalized spacial score (nSPS) is 13.6. The number of ether oxygens (including phenoxy) is 1. The molecule has 0 bridgehead atoms. The highest BCUT2D eigenvalue weighted by Gasteiger charge is 2.31. The van der Waals surface area contributed by atoms with Gasteiger partial charge in [0.05, 0.1) is 40.7 Å². The van der Waals surface area contributed by atoms with Gasteiger partial charge in [0.15, 0.2) is 0 Å². The van der Waals surface area contributed by atoms with Gasteiger partial charge in [-0.05, 0) is 98.5 Å². The van der Waals surface area contributed by atoms with Gasteiger partial charge in [0.25, 0.3) is 5.89 Å². The van der Waals surface area contributed by atoms with Crippen molar-refractivity contribution in [2.75, 3.05) is 17.7 Å². The predicted molar refractivity (Wildman–Crippen MR) is 198 cm³/mol. The minimum Gasteiger partial charge on any atom is -0.462 e. The van der Waals surface area contributed by atoms with Gasteiger partial charge in [-0.25, -0.2) is 4.79 Å². The fourth-order valence-corrected chi connectivity index (χ4v) is 4.85. The molecule has 1 amide bonds. The van der Waals surface area contributed by atoms with Crippen molar-refractivity contribution in [2.45, 2.75) is 50.1 Å². The summed E-state index contributed by atoms with van der Waals surface area (Å²) in [6.45, 7) is 0. The van der Waals surface area contributed by atoms with Crippen molar-refractivity contribution in [3.8, 4) is 22.9 Å². The number of halogens is 6. The maximum absolute atomic E-state index is 12.7. The number of amides is 1. The quantitative estimate of drug-likeness (QED) is 0.0806. The third-order valence-electron chi connectivity index (χ3n) is 8.24. The summed E-state index contributed by atoms with van der Waals surface area (Å²) in [5.41, 5.74) is 6.75. The molecule has 5 N–H and O–H groups in total. The third-order valence-corrected chi connectivity index (χ3v) is 8.24. The molecule has 8 rings (SSSR count). The first kappa shape index (κ1) is 40.9. The van der Waals surface area contributed by atoms with E-state index >= 15 is 0 Å². The molecule has 302 valence electrons. The van der Waals surface area contributed by atoms with Gasteiger partial charge in [0.2, 0.25) is 5.89 Å². The van der Waals surface area contributed by atoms with Crippen molar-refractivity contribution in [3.05, 3.63) is 120 Å². The smallest absolute Gasteiger partial charge is 0.416 e. The molecule has 0 saturated heterocycles. The largest absolute Gasteiger partial charge is 0.462 e. The fourth-order valence-electron chi connectivity index (χ4n) is 4.85. The fraction of sp³-hybridized carbons (Fsp3) is 0.231. The SMILES string of the molecule is COC(=O)c1nnc(-c2ccccc2Nc2ccc(C(F)(F)F)cc2)o1.NC1CC1.O=C(NC1CC1)c1nnc(-c2ccccc2Nc2ccc(C(F)(F)F)cc2)o1. The van der Waals surface area contributed by atoms with E-state index in [0.717, 1.165) is 37.1 Å². The number of aromatic nitrogens is 4. The average molecular weight is 809 g/mol. The van der Waals surface area contributed by atoms with E-state index in [1.54, 1.807) is 48.5 Å². The van der Waals surface area contributed by atoms with Crippen molar-refractivity contribution in [1.29, 1.82) is 0 Å². The topological polar surface area (TPSA) is 183 Å². The van der Waals surface area contributed by atoms with Crippen molar-refractivity contribution in [1.82, 2.24) is 25.7 Å². The molecule has 6 aromatic rings. The van der Waals surface area contributed by atoms with E-state index in [1.807, 2.05) is 0 Å². The molecule has 2 aliphatic rings. The highest BCUT2D eigenvalue weighted by Crippen LogP contribution is 2.34. The number of carbonyl (C=O) groups is 2. The maximum Gasteiger partial charge on any atom is 0.416 e. The zero-order chi connectivity index (χ0) is 41.5. The van der Waals surface area contributed by atoms with Gasteiger partial charge < -0.3 is 35.3 Å². The van der Waals surface area contributed by atoms with Gasteiger partial charge >= 0.3 is 36.0 Å². The number of nitrogens with two attached hydrogens (primary N) is 1. The average Bonchev–Trinajstić information content (AvgIpc) is 4.08. The van der Waals surface area contributed by atoms with Crippen LogP contribution in [0.1, 0.15) is 58.2 Å². The number of rotatable bonds is 9. The molecule has 13 nitrogen and oxygen atoms in total. The van der Waals surface area contributed by atoms with Gasteiger partial charge in [0.1, 0.15) is 0 Å². The van der Waals surface area contributed by atoms with Crippen molar-refractivity contribution in [3.63, 3.8) is 0 Å². The Labute approximate surface area is 326 Å². The molecular formula is C39H34F6N8O5. The van der Waals surface area contributed by atoms with Crippen LogP contribution in [-0.4, -0.2) is 51.5 Å². The molecule has 19 heteroatoms. The Kier molecular flexibility index (Phi) is 12.4. The molecule has 2 aliphatic carbocycles. The van der Waals surface area contributed by atoms with Gasteiger partial charge in [-0.3, -0.25) is 4.79 Å². The highest BCUT2D eigenvalue weighted by molar-refractivity contribution is 5.90. The number of hydrogen-bond acceptors (Lipinski definition) is 12. The van der Waals surface area contributed by atoms with Gasteiger partial charge in [-0.15, -0.1) is 20.4 Å². The number of benzene rings is 4. The van der Waals surface area contributed by atoms with Crippen LogP contribution in [0.2, 0.25) is 0 Å². The van der Waals surface area contributed by atoms with Gasteiger partial charge in [0, 0.05) is 23.5 Å². The van der Waals surface area contributed by atoms with Crippen LogP contribution in [-0.2, 0) is 17.1 Å². The lowest BCUT2D eigenvalue weighted by molar-refractivity contribution is -0.138. The van der Waals surface area contributed by atoms with E-state index in [4.69, 9.17) is 14.6 Å². The van der Waals surface area contributed by atoms with E-state index in [1.165, 1.54) is 44.2 Å². The standard InChI is InChI=1S/C19H15F3N4O2.C17H12F3N3O3.C3H7N/c20-19(21,22)11-5-7-12(8-6-11)23-15-4-2-1-3-14(15)17-25-26-18(28-17)16(27)24-13-9-10-13;1-25-16(24)15-23-22-14(26-15)12-4-2-3-5-13(12)21-11-8-6-10(7-9-11)17(18,19)20;4-3-1-2-3/h1-8,13,23H,9-10H2,(H,24,27);2-9,21H,1H3;3H,1-2,4H2. The molecule has 2 aromatic heterocycles. The van der Waals surface area contributed by atoms with Gasteiger partial charge in [-0.2, -0.15) is 26.3 Å². The molecular weight excluding hydrogens is 774 g/mol. The minimum absolute atomic E-state index is 0.0698. The number of nitrogens with zero attached hydrogens (tertiary/aromatic N) is 4. The first-order chi connectivity index (χ1) is 27.7. The number of carbonyl (C=O) groups excluding carboxylic acids is 2. The number of methoxy groups -OCH3 is 1. The molecule has 0 unspecified atom stereocenters. The number of anilines is 4. The summed E-state index contributed by atoms with van der Waals surface area (Å²) in [5.74, 6) is -1.42. The van der Waals surface area contributed by atoms with E-state index in [2.05, 4.69) is 41.1 Å². The second-order valence-electron chi connectivity index (χ2n) is 12.9. The van der Waals surface area contributed by atoms with Crippen LogP contribution in [0.3, 0.4) is 0 Å². The summed E-state index contributed by atoms with van der Waals surface area (Å²) in [5, 5.41) is 23.9. The van der Waals surface area contributed by atoms with Crippen molar-refractivity contribution in [2.24, 2.45) is 5.73 Å². The number of alkyl halides is 6. The van der Waals surface area contributed by atoms with Crippen LogP contribution in [0, 0.1) is 0 Å². The molecule has 0 atom stereocenters. The van der Waals surface area contributed by atoms with E-state index < -0.39 is 35.4 Å². The molecule has 2 heterocycles. The zero-order valence-corrected chi connectivity index (χ0v) is 30.4. The Morgan fingerprint density at radius 1 is 0.638 bits per heavy atom. The summed E-state index contributed by atoms with van der Waals surface area (Å²) in [6.07, 6.45) is -4.39. The first-order valence-corrected chi connectivity index (χ1v) is 17.6.